The predicted octanol–water partition coefficient (Wildman–Crippen LogP) is 3.63. The highest BCUT2D eigenvalue weighted by Crippen LogP contribution is 2.21. The number of rotatable bonds is 5. The first-order chi connectivity index (χ1) is 5.93. The quantitative estimate of drug-likeness (QED) is 0.523. The molecule has 66 valence electrons. The first kappa shape index (κ1) is 10.0. The van der Waals surface area contributed by atoms with E-state index in [2.05, 4.69) is 37.3 Å². The Morgan fingerprint density at radius 2 is 1.83 bits per heavy atom. The Bertz CT molecular complexity index is 196. The lowest BCUT2D eigenvalue weighted by molar-refractivity contribution is 1.16. The molecule has 0 aliphatic heterocycles. The van der Waals surface area contributed by atoms with Gasteiger partial charge in [-0.15, -0.1) is 0 Å². The van der Waals surface area contributed by atoms with Crippen molar-refractivity contribution in [1.29, 1.82) is 0 Å². The summed E-state index contributed by atoms with van der Waals surface area (Å²) in [4.78, 5) is 0. The largest absolute Gasteiger partial charge is 0.0944 e. The first-order valence-electron chi connectivity index (χ1n) is 4.22. The van der Waals surface area contributed by atoms with Crippen LogP contribution in [0.1, 0.15) is 12.5 Å². The van der Waals surface area contributed by atoms with Crippen LogP contribution in [0.5, 0.6) is 0 Å². The molecule has 0 heterocycles. The van der Waals surface area contributed by atoms with Gasteiger partial charge in [0.2, 0.25) is 0 Å². The number of hydrogen-bond acceptors (Lipinski definition) is 2. The number of hydrogen-bond donors (Lipinski definition) is 0. The van der Waals surface area contributed by atoms with Gasteiger partial charge in [0.05, 0.1) is 0 Å². The molecule has 0 amide bonds. The summed E-state index contributed by atoms with van der Waals surface area (Å²) in [6, 6.07) is 10.7. The second-order valence-electron chi connectivity index (χ2n) is 2.46. The fourth-order valence-electron chi connectivity index (χ4n) is 0.946. The van der Waals surface area contributed by atoms with Crippen LogP contribution < -0.4 is 0 Å². The lowest BCUT2D eigenvalue weighted by Gasteiger charge is -1.99. The third-order valence-electron chi connectivity index (χ3n) is 1.52. The van der Waals surface area contributed by atoms with E-state index in [0.717, 1.165) is 0 Å². The molecule has 0 N–H and O–H groups in total. The second kappa shape index (κ2) is 6.44. The average molecular weight is 198 g/mol. The van der Waals surface area contributed by atoms with E-state index in [1.165, 1.54) is 23.5 Å². The highest BCUT2D eigenvalue weighted by Gasteiger charge is 1.91. The molecular formula is C10H14S2. The Morgan fingerprint density at radius 3 is 2.50 bits per heavy atom. The molecule has 0 saturated heterocycles. The molecule has 12 heavy (non-hydrogen) atoms. The Kier molecular flexibility index (Phi) is 5.37. The van der Waals surface area contributed by atoms with E-state index in [4.69, 9.17) is 0 Å². The molecule has 0 fully saturated rings. The van der Waals surface area contributed by atoms with Crippen LogP contribution in [0.2, 0.25) is 0 Å². The van der Waals surface area contributed by atoms with Crippen molar-refractivity contribution < 1.29 is 0 Å². The maximum Gasteiger partial charge on any atom is 0.00774 e. The molecule has 0 aliphatic carbocycles. The van der Waals surface area contributed by atoms with E-state index in [9.17, 15) is 0 Å². The lowest BCUT2D eigenvalue weighted by atomic mass is 10.2. The van der Waals surface area contributed by atoms with Crippen molar-refractivity contribution in [2.75, 3.05) is 11.5 Å². The fourth-order valence-corrected chi connectivity index (χ4v) is 2.65. The Balaban J connectivity index is 2.16. The van der Waals surface area contributed by atoms with Crippen molar-refractivity contribution in [3.8, 4) is 0 Å². The van der Waals surface area contributed by atoms with Crippen LogP contribution in [-0.2, 0) is 6.42 Å². The van der Waals surface area contributed by atoms with Gasteiger partial charge in [-0.25, -0.2) is 0 Å². The molecule has 0 nitrogen and oxygen atoms in total. The highest BCUT2D eigenvalue weighted by molar-refractivity contribution is 8.76. The summed E-state index contributed by atoms with van der Waals surface area (Å²) in [5.41, 5.74) is 1.45. The van der Waals surface area contributed by atoms with Gasteiger partial charge in [-0.3, -0.25) is 0 Å². The van der Waals surface area contributed by atoms with Gasteiger partial charge in [0.15, 0.2) is 0 Å². The molecule has 2 heteroatoms. The third-order valence-corrected chi connectivity index (χ3v) is 4.00. The predicted molar refractivity (Wildman–Crippen MR) is 60.7 cm³/mol. The van der Waals surface area contributed by atoms with Crippen molar-refractivity contribution in [3.05, 3.63) is 35.9 Å². The maximum absolute atomic E-state index is 2.19. The van der Waals surface area contributed by atoms with E-state index in [-0.39, 0.29) is 0 Å². The van der Waals surface area contributed by atoms with Gasteiger partial charge < -0.3 is 0 Å². The molecule has 1 rings (SSSR count). The zero-order valence-corrected chi connectivity index (χ0v) is 8.96. The van der Waals surface area contributed by atoms with Gasteiger partial charge in [0, 0.05) is 11.5 Å². The minimum atomic E-state index is 1.19. The molecule has 1 aromatic carbocycles. The standard InChI is InChI=1S/C10H14S2/c1-2-11-12-9-8-10-6-4-3-5-7-10/h3-7H,2,8-9H2,1H3. The summed E-state index contributed by atoms with van der Waals surface area (Å²) in [5.74, 6) is 2.43. The van der Waals surface area contributed by atoms with Crippen molar-refractivity contribution in [3.63, 3.8) is 0 Å². The topological polar surface area (TPSA) is 0 Å². The average Bonchev–Trinajstić information content (AvgIpc) is 2.14. The fraction of sp³-hybridized carbons (Fsp3) is 0.400. The highest BCUT2D eigenvalue weighted by atomic mass is 33.1. The SMILES string of the molecule is CCSSCCc1ccccc1. The van der Waals surface area contributed by atoms with E-state index >= 15 is 0 Å². The number of aryl methyl sites for hydroxylation is 1. The van der Waals surface area contributed by atoms with Crippen LogP contribution in [-0.4, -0.2) is 11.5 Å². The maximum atomic E-state index is 2.19. The molecule has 0 unspecified atom stereocenters. The molecule has 0 spiro atoms. The summed E-state index contributed by atoms with van der Waals surface area (Å²) in [6.07, 6.45) is 1.19. The Labute approximate surface area is 82.5 Å². The van der Waals surface area contributed by atoms with Crippen molar-refractivity contribution in [2.45, 2.75) is 13.3 Å². The number of benzene rings is 1. The van der Waals surface area contributed by atoms with Gasteiger partial charge in [-0.1, -0.05) is 58.8 Å². The minimum Gasteiger partial charge on any atom is -0.0944 e. The molecular weight excluding hydrogens is 184 g/mol. The van der Waals surface area contributed by atoms with Gasteiger partial charge in [0.1, 0.15) is 0 Å². The molecule has 0 saturated carbocycles. The monoisotopic (exact) mass is 198 g/mol. The van der Waals surface area contributed by atoms with Crippen molar-refractivity contribution >= 4 is 21.6 Å². The summed E-state index contributed by atoms with van der Waals surface area (Å²) in [7, 11) is 3.91. The van der Waals surface area contributed by atoms with E-state index in [1.54, 1.807) is 0 Å². The smallest absolute Gasteiger partial charge is 0.00774 e. The summed E-state index contributed by atoms with van der Waals surface area (Å²) >= 11 is 0. The first-order valence-corrected chi connectivity index (χ1v) is 6.70. The van der Waals surface area contributed by atoms with Crippen molar-refractivity contribution in [2.24, 2.45) is 0 Å². The Morgan fingerprint density at radius 1 is 1.08 bits per heavy atom. The van der Waals surface area contributed by atoms with E-state index < -0.39 is 0 Å². The van der Waals surface area contributed by atoms with Gasteiger partial charge >= 0.3 is 0 Å². The van der Waals surface area contributed by atoms with Crippen LogP contribution in [0.3, 0.4) is 0 Å². The molecule has 0 aromatic heterocycles. The van der Waals surface area contributed by atoms with E-state index in [0.29, 0.717) is 0 Å². The molecule has 0 bridgehead atoms. The van der Waals surface area contributed by atoms with Gasteiger partial charge in [-0.2, -0.15) is 0 Å². The van der Waals surface area contributed by atoms with Gasteiger partial charge in [-0.05, 0) is 12.0 Å². The third kappa shape index (κ3) is 4.07. The van der Waals surface area contributed by atoms with Crippen LogP contribution in [0.4, 0.5) is 0 Å². The summed E-state index contributed by atoms with van der Waals surface area (Å²) in [6.45, 7) is 2.19. The molecule has 0 atom stereocenters. The van der Waals surface area contributed by atoms with Crippen LogP contribution in [0.25, 0.3) is 0 Å². The normalized spacial score (nSPS) is 10.1. The summed E-state index contributed by atoms with van der Waals surface area (Å²) < 4.78 is 0. The van der Waals surface area contributed by atoms with Crippen LogP contribution in [0, 0.1) is 0 Å². The minimum absolute atomic E-state index is 1.19. The zero-order chi connectivity index (χ0) is 8.65. The molecule has 0 aliphatic rings. The van der Waals surface area contributed by atoms with Gasteiger partial charge in [0.25, 0.3) is 0 Å². The lowest BCUT2D eigenvalue weighted by Crippen LogP contribution is -1.85. The van der Waals surface area contributed by atoms with Crippen molar-refractivity contribution in [1.82, 2.24) is 0 Å². The van der Waals surface area contributed by atoms with Crippen LogP contribution >= 0.6 is 21.6 Å². The zero-order valence-electron chi connectivity index (χ0n) is 7.32. The second-order valence-corrected chi connectivity index (χ2v) is 5.34. The molecule has 1 aromatic rings. The summed E-state index contributed by atoms with van der Waals surface area (Å²) in [5, 5.41) is 0. The Hall–Kier alpha value is -0.0800. The van der Waals surface area contributed by atoms with Crippen LogP contribution in [0.15, 0.2) is 30.3 Å². The molecule has 0 radical (unpaired) electrons. The van der Waals surface area contributed by atoms with E-state index in [1.807, 2.05) is 21.6 Å².